The summed E-state index contributed by atoms with van der Waals surface area (Å²) in [5, 5.41) is 0. The molecular weight excluding hydrogens is 180 g/mol. The lowest BCUT2D eigenvalue weighted by atomic mass is 9.82. The van der Waals surface area contributed by atoms with Crippen molar-refractivity contribution in [3.63, 3.8) is 0 Å². The lowest BCUT2D eigenvalue weighted by molar-refractivity contribution is -0.117. The van der Waals surface area contributed by atoms with E-state index >= 15 is 0 Å². The molecule has 0 bridgehead atoms. The van der Waals surface area contributed by atoms with Crippen molar-refractivity contribution in [3.05, 3.63) is 0 Å². The minimum atomic E-state index is 0.145. The summed E-state index contributed by atoms with van der Waals surface area (Å²) >= 11 is 3.37. The molecule has 0 aromatic carbocycles. The van der Waals surface area contributed by atoms with E-state index in [4.69, 9.17) is 0 Å². The molecule has 0 aromatic heterocycles. The highest BCUT2D eigenvalue weighted by Crippen LogP contribution is 2.33. The Morgan fingerprint density at radius 1 is 1.67 bits per heavy atom. The fourth-order valence-corrected chi connectivity index (χ4v) is 1.59. The Kier molecular flexibility index (Phi) is 2.28. The van der Waals surface area contributed by atoms with Gasteiger partial charge in [0.2, 0.25) is 0 Å². The van der Waals surface area contributed by atoms with Crippen molar-refractivity contribution in [1.29, 1.82) is 0 Å². The Balaban J connectivity index is 2.32. The highest BCUT2D eigenvalue weighted by molar-refractivity contribution is 9.10. The zero-order valence-corrected chi connectivity index (χ0v) is 7.15. The fraction of sp³-hybridized carbons (Fsp3) is 0.857. The van der Waals surface area contributed by atoms with Crippen molar-refractivity contribution in [2.75, 3.05) is 0 Å². The van der Waals surface area contributed by atoms with E-state index in [0.29, 0.717) is 5.92 Å². The first-order chi connectivity index (χ1) is 4.22. The van der Waals surface area contributed by atoms with Gasteiger partial charge in [-0.15, -0.1) is 0 Å². The van der Waals surface area contributed by atoms with Crippen molar-refractivity contribution < 1.29 is 4.79 Å². The Morgan fingerprint density at radius 2 is 2.22 bits per heavy atom. The number of hydrogen-bond acceptors (Lipinski definition) is 1. The molecule has 1 atom stereocenters. The lowest BCUT2D eigenvalue weighted by Crippen LogP contribution is -2.27. The number of rotatable bonds is 2. The van der Waals surface area contributed by atoms with Crippen LogP contribution in [0.5, 0.6) is 0 Å². The molecule has 2 heteroatoms. The van der Waals surface area contributed by atoms with Crippen molar-refractivity contribution in [2.45, 2.75) is 31.0 Å². The number of carbonyl (C=O) groups is 1. The quantitative estimate of drug-likeness (QED) is 0.611. The molecule has 0 aromatic rings. The smallest absolute Gasteiger partial charge is 0.143 e. The maximum absolute atomic E-state index is 10.7. The van der Waals surface area contributed by atoms with Crippen LogP contribution in [0.4, 0.5) is 0 Å². The van der Waals surface area contributed by atoms with Crippen LogP contribution in [-0.4, -0.2) is 10.6 Å². The molecule has 1 fully saturated rings. The Bertz CT molecular complexity index is 118. The highest BCUT2D eigenvalue weighted by atomic mass is 79.9. The summed E-state index contributed by atoms with van der Waals surface area (Å²) in [6.07, 6.45) is 3.77. The molecule has 0 saturated heterocycles. The van der Waals surface area contributed by atoms with E-state index in [0.717, 1.165) is 0 Å². The molecule has 1 rings (SSSR count). The van der Waals surface area contributed by atoms with E-state index in [1.54, 1.807) is 6.92 Å². The van der Waals surface area contributed by atoms with Gasteiger partial charge >= 0.3 is 0 Å². The van der Waals surface area contributed by atoms with Gasteiger partial charge in [0.05, 0.1) is 4.83 Å². The topological polar surface area (TPSA) is 17.1 Å². The third-order valence-electron chi connectivity index (χ3n) is 1.95. The second-order valence-corrected chi connectivity index (χ2v) is 3.69. The van der Waals surface area contributed by atoms with Crippen LogP contribution in [0.3, 0.4) is 0 Å². The molecule has 0 amide bonds. The van der Waals surface area contributed by atoms with E-state index in [-0.39, 0.29) is 10.6 Å². The summed E-state index contributed by atoms with van der Waals surface area (Å²) in [6.45, 7) is 1.65. The molecule has 1 aliphatic carbocycles. The van der Waals surface area contributed by atoms with Crippen LogP contribution in [0.1, 0.15) is 26.2 Å². The second-order valence-electron chi connectivity index (χ2n) is 2.70. The van der Waals surface area contributed by atoms with E-state index in [2.05, 4.69) is 15.9 Å². The molecule has 1 nitrogen and oxygen atoms in total. The normalized spacial score (nSPS) is 22.9. The van der Waals surface area contributed by atoms with Crippen molar-refractivity contribution in [1.82, 2.24) is 0 Å². The molecule has 0 radical (unpaired) electrons. The fourth-order valence-electron chi connectivity index (χ4n) is 1.06. The maximum atomic E-state index is 10.7. The minimum Gasteiger partial charge on any atom is -0.299 e. The van der Waals surface area contributed by atoms with Crippen LogP contribution >= 0.6 is 15.9 Å². The van der Waals surface area contributed by atoms with E-state index in [1.165, 1.54) is 19.3 Å². The first-order valence-corrected chi connectivity index (χ1v) is 4.28. The van der Waals surface area contributed by atoms with Crippen LogP contribution < -0.4 is 0 Å². The van der Waals surface area contributed by atoms with Gasteiger partial charge in [-0.05, 0) is 25.7 Å². The van der Waals surface area contributed by atoms with Crippen LogP contribution in [0.2, 0.25) is 0 Å². The van der Waals surface area contributed by atoms with E-state index < -0.39 is 0 Å². The predicted molar refractivity (Wildman–Crippen MR) is 40.7 cm³/mol. The number of halogens is 1. The number of Topliss-reactive ketones (excluding diaryl/α,β-unsaturated/α-hetero) is 1. The average Bonchev–Trinajstić information content (AvgIpc) is 1.60. The van der Waals surface area contributed by atoms with Gasteiger partial charge < -0.3 is 0 Å². The average molecular weight is 191 g/mol. The third-order valence-corrected chi connectivity index (χ3v) is 3.34. The van der Waals surface area contributed by atoms with E-state index in [1.807, 2.05) is 0 Å². The Morgan fingerprint density at radius 3 is 2.33 bits per heavy atom. The van der Waals surface area contributed by atoms with E-state index in [9.17, 15) is 4.79 Å². The van der Waals surface area contributed by atoms with Gasteiger partial charge in [0.15, 0.2) is 0 Å². The summed E-state index contributed by atoms with van der Waals surface area (Å²) in [7, 11) is 0. The molecule has 52 valence electrons. The largest absolute Gasteiger partial charge is 0.299 e. The Hall–Kier alpha value is 0.150. The summed E-state index contributed by atoms with van der Waals surface area (Å²) in [5.74, 6) is 0.919. The molecule has 0 aliphatic heterocycles. The standard InChI is InChI=1S/C7H11BrO/c1-5(9)7(8)6-3-2-4-6/h6-7H,2-4H2,1H3. The van der Waals surface area contributed by atoms with Crippen LogP contribution in [0.25, 0.3) is 0 Å². The molecule has 1 unspecified atom stereocenters. The monoisotopic (exact) mass is 190 g/mol. The Labute approximate surface area is 64.0 Å². The van der Waals surface area contributed by atoms with Crippen molar-refractivity contribution >= 4 is 21.7 Å². The maximum Gasteiger partial charge on any atom is 0.143 e. The molecule has 0 N–H and O–H groups in total. The number of hydrogen-bond donors (Lipinski definition) is 0. The van der Waals surface area contributed by atoms with Gasteiger partial charge in [-0.3, -0.25) is 4.79 Å². The van der Waals surface area contributed by atoms with Crippen molar-refractivity contribution in [2.24, 2.45) is 5.92 Å². The third kappa shape index (κ3) is 1.54. The second kappa shape index (κ2) is 2.82. The summed E-state index contributed by atoms with van der Waals surface area (Å²) in [6, 6.07) is 0. The zero-order chi connectivity index (χ0) is 6.85. The number of alkyl halides is 1. The zero-order valence-electron chi connectivity index (χ0n) is 5.56. The number of carbonyl (C=O) groups excluding carboxylic acids is 1. The molecule has 0 heterocycles. The van der Waals surface area contributed by atoms with Crippen LogP contribution in [0.15, 0.2) is 0 Å². The van der Waals surface area contributed by atoms with Crippen LogP contribution in [-0.2, 0) is 4.79 Å². The summed E-state index contributed by atoms with van der Waals surface area (Å²) in [4.78, 5) is 10.9. The SMILES string of the molecule is CC(=O)C(Br)C1CCC1. The van der Waals surface area contributed by atoms with Crippen molar-refractivity contribution in [3.8, 4) is 0 Å². The van der Waals surface area contributed by atoms with Crippen LogP contribution in [0, 0.1) is 5.92 Å². The molecule has 1 aliphatic rings. The van der Waals surface area contributed by atoms with Gasteiger partial charge in [-0.1, -0.05) is 22.4 Å². The minimum absolute atomic E-state index is 0.145. The molecular formula is C7H11BrO. The molecule has 9 heavy (non-hydrogen) atoms. The first kappa shape index (κ1) is 7.26. The van der Waals surface area contributed by atoms with Gasteiger partial charge in [0.25, 0.3) is 0 Å². The number of ketones is 1. The molecule has 1 saturated carbocycles. The first-order valence-electron chi connectivity index (χ1n) is 3.36. The van der Waals surface area contributed by atoms with Gasteiger partial charge in [-0.25, -0.2) is 0 Å². The summed E-state index contributed by atoms with van der Waals surface area (Å²) < 4.78 is 0. The van der Waals surface area contributed by atoms with Gasteiger partial charge in [-0.2, -0.15) is 0 Å². The van der Waals surface area contributed by atoms with Gasteiger partial charge in [0, 0.05) is 0 Å². The van der Waals surface area contributed by atoms with Gasteiger partial charge in [0.1, 0.15) is 5.78 Å². The highest BCUT2D eigenvalue weighted by Gasteiger charge is 2.27. The predicted octanol–water partition coefficient (Wildman–Crippen LogP) is 2.14. The molecule has 0 spiro atoms. The summed E-state index contributed by atoms with van der Waals surface area (Å²) in [5.41, 5.74) is 0. The lowest BCUT2D eigenvalue weighted by Gasteiger charge is -2.28.